The predicted molar refractivity (Wildman–Crippen MR) is 57.6 cm³/mol. The summed E-state index contributed by atoms with van der Waals surface area (Å²) >= 11 is 4.84. The molecule has 3 nitrogen and oxygen atoms in total. The Morgan fingerprint density at radius 2 is 2.00 bits per heavy atom. The summed E-state index contributed by atoms with van der Waals surface area (Å²) in [6.07, 6.45) is 0.200. The van der Waals surface area contributed by atoms with Crippen molar-refractivity contribution in [1.29, 1.82) is 0 Å². The minimum atomic E-state index is 0.200. The van der Waals surface area contributed by atoms with Gasteiger partial charge in [-0.25, -0.2) is 0 Å². The molecule has 0 aromatic heterocycles. The first-order valence-electron chi connectivity index (χ1n) is 4.40. The first-order valence-corrected chi connectivity index (χ1v) is 4.81. The van der Waals surface area contributed by atoms with E-state index in [-0.39, 0.29) is 6.10 Å². The van der Waals surface area contributed by atoms with Crippen LogP contribution in [0.15, 0.2) is 24.3 Å². The van der Waals surface area contributed by atoms with Gasteiger partial charge in [0.05, 0.1) is 13.2 Å². The van der Waals surface area contributed by atoms with Gasteiger partial charge in [0.25, 0.3) is 0 Å². The summed E-state index contributed by atoms with van der Waals surface area (Å²) in [5, 5.41) is 0. The van der Waals surface area contributed by atoms with E-state index >= 15 is 0 Å². The van der Waals surface area contributed by atoms with Crippen molar-refractivity contribution in [2.24, 2.45) is 5.73 Å². The van der Waals surface area contributed by atoms with Crippen LogP contribution in [0.25, 0.3) is 0 Å². The number of thiocarbonyl (C=S) groups is 1. The van der Waals surface area contributed by atoms with Crippen LogP contribution < -0.4 is 10.5 Å². The van der Waals surface area contributed by atoms with Gasteiger partial charge in [-0.05, 0) is 24.3 Å². The van der Waals surface area contributed by atoms with Gasteiger partial charge >= 0.3 is 0 Å². The van der Waals surface area contributed by atoms with Gasteiger partial charge in [0.2, 0.25) is 0 Å². The maximum atomic E-state index is 5.58. The number of hydrogen-bond acceptors (Lipinski definition) is 3. The highest BCUT2D eigenvalue weighted by atomic mass is 32.1. The monoisotopic (exact) mass is 209 g/mol. The average Bonchev–Trinajstić information content (AvgIpc) is 2.12. The fourth-order valence-electron chi connectivity index (χ4n) is 1.17. The van der Waals surface area contributed by atoms with Gasteiger partial charge in [0.1, 0.15) is 16.8 Å². The van der Waals surface area contributed by atoms with Crippen LogP contribution in [0.2, 0.25) is 0 Å². The molecule has 4 heteroatoms. The molecule has 1 fully saturated rings. The first kappa shape index (κ1) is 9.43. The Morgan fingerprint density at radius 3 is 2.43 bits per heavy atom. The summed E-state index contributed by atoms with van der Waals surface area (Å²) in [6.45, 7) is 1.36. The third-order valence-corrected chi connectivity index (χ3v) is 2.28. The lowest BCUT2D eigenvalue weighted by Crippen LogP contribution is -2.38. The minimum absolute atomic E-state index is 0.200. The third kappa shape index (κ3) is 2.02. The standard InChI is InChI=1S/C10H11NO2S/c11-10(14)7-1-3-8(4-2-7)13-9-5-12-6-9/h1-4,9H,5-6H2,(H2,11,14). The minimum Gasteiger partial charge on any atom is -0.486 e. The molecule has 0 atom stereocenters. The summed E-state index contributed by atoms with van der Waals surface area (Å²) in [5.41, 5.74) is 6.33. The molecule has 0 bridgehead atoms. The highest BCUT2D eigenvalue weighted by molar-refractivity contribution is 7.80. The van der Waals surface area contributed by atoms with E-state index in [1.807, 2.05) is 24.3 Å². The van der Waals surface area contributed by atoms with Crippen molar-refractivity contribution in [1.82, 2.24) is 0 Å². The second-order valence-corrected chi connectivity index (χ2v) is 3.61. The molecular weight excluding hydrogens is 198 g/mol. The molecule has 2 rings (SSSR count). The topological polar surface area (TPSA) is 44.5 Å². The smallest absolute Gasteiger partial charge is 0.145 e. The molecule has 0 amide bonds. The molecule has 0 saturated carbocycles. The van der Waals surface area contributed by atoms with Crippen molar-refractivity contribution < 1.29 is 9.47 Å². The van der Waals surface area contributed by atoms with Gasteiger partial charge in [-0.3, -0.25) is 0 Å². The van der Waals surface area contributed by atoms with Crippen molar-refractivity contribution in [3.8, 4) is 5.75 Å². The van der Waals surface area contributed by atoms with E-state index in [4.69, 9.17) is 27.4 Å². The Labute approximate surface area is 87.8 Å². The Kier molecular flexibility index (Phi) is 2.65. The van der Waals surface area contributed by atoms with Crippen LogP contribution in [0.1, 0.15) is 5.56 Å². The largest absolute Gasteiger partial charge is 0.486 e. The highest BCUT2D eigenvalue weighted by Gasteiger charge is 2.19. The summed E-state index contributed by atoms with van der Waals surface area (Å²) in [5.74, 6) is 0.832. The zero-order chi connectivity index (χ0) is 9.97. The summed E-state index contributed by atoms with van der Waals surface area (Å²) < 4.78 is 10.6. The van der Waals surface area contributed by atoms with Crippen LogP contribution in [0, 0.1) is 0 Å². The maximum absolute atomic E-state index is 5.58. The third-order valence-electron chi connectivity index (χ3n) is 2.05. The Bertz CT molecular complexity index is 332. The van der Waals surface area contributed by atoms with Crippen LogP contribution in [0.4, 0.5) is 0 Å². The molecule has 1 aromatic rings. The molecule has 1 aliphatic rings. The van der Waals surface area contributed by atoms with Gasteiger partial charge < -0.3 is 15.2 Å². The zero-order valence-electron chi connectivity index (χ0n) is 7.60. The van der Waals surface area contributed by atoms with E-state index in [0.29, 0.717) is 18.2 Å². The molecule has 2 N–H and O–H groups in total. The van der Waals surface area contributed by atoms with Gasteiger partial charge in [0, 0.05) is 5.56 Å². The molecule has 0 spiro atoms. The Morgan fingerprint density at radius 1 is 1.36 bits per heavy atom. The number of hydrogen-bond donors (Lipinski definition) is 1. The molecule has 1 heterocycles. The molecule has 74 valence electrons. The molecular formula is C10H11NO2S. The second kappa shape index (κ2) is 3.94. The van der Waals surface area contributed by atoms with E-state index in [0.717, 1.165) is 11.3 Å². The summed E-state index contributed by atoms with van der Waals surface area (Å²) in [7, 11) is 0. The average molecular weight is 209 g/mol. The second-order valence-electron chi connectivity index (χ2n) is 3.17. The van der Waals surface area contributed by atoms with Crippen molar-refractivity contribution in [3.05, 3.63) is 29.8 Å². The number of rotatable bonds is 3. The molecule has 0 aliphatic carbocycles. The van der Waals surface area contributed by atoms with Gasteiger partial charge in [-0.1, -0.05) is 12.2 Å². The first-order chi connectivity index (χ1) is 6.75. The highest BCUT2D eigenvalue weighted by Crippen LogP contribution is 2.16. The fraction of sp³-hybridized carbons (Fsp3) is 0.300. The van der Waals surface area contributed by atoms with E-state index in [9.17, 15) is 0 Å². The van der Waals surface area contributed by atoms with Crippen molar-refractivity contribution in [2.75, 3.05) is 13.2 Å². The number of nitrogens with two attached hydrogens (primary N) is 1. The normalized spacial score (nSPS) is 16.0. The summed E-state index contributed by atoms with van der Waals surface area (Å²) in [6, 6.07) is 7.45. The Hall–Kier alpha value is -1.13. The molecule has 1 saturated heterocycles. The van der Waals surface area contributed by atoms with Crippen molar-refractivity contribution >= 4 is 17.2 Å². The SMILES string of the molecule is NC(=S)c1ccc(OC2COC2)cc1. The Balaban J connectivity index is 2.01. The molecule has 0 unspecified atom stereocenters. The van der Waals surface area contributed by atoms with Gasteiger partial charge in [0.15, 0.2) is 0 Å². The lowest BCUT2D eigenvalue weighted by molar-refractivity contribution is -0.0796. The quantitative estimate of drug-likeness (QED) is 0.757. The fourth-order valence-corrected chi connectivity index (χ4v) is 1.31. The van der Waals surface area contributed by atoms with E-state index in [2.05, 4.69) is 0 Å². The van der Waals surface area contributed by atoms with Gasteiger partial charge in [-0.2, -0.15) is 0 Å². The lowest BCUT2D eigenvalue weighted by Gasteiger charge is -2.26. The van der Waals surface area contributed by atoms with Crippen LogP contribution in [0.5, 0.6) is 5.75 Å². The van der Waals surface area contributed by atoms with E-state index in [1.165, 1.54) is 0 Å². The van der Waals surface area contributed by atoms with Crippen LogP contribution in [0.3, 0.4) is 0 Å². The van der Waals surface area contributed by atoms with Crippen LogP contribution in [-0.2, 0) is 4.74 Å². The number of benzene rings is 1. The summed E-state index contributed by atoms with van der Waals surface area (Å²) in [4.78, 5) is 0.406. The van der Waals surface area contributed by atoms with Gasteiger partial charge in [-0.15, -0.1) is 0 Å². The zero-order valence-corrected chi connectivity index (χ0v) is 8.42. The van der Waals surface area contributed by atoms with E-state index < -0.39 is 0 Å². The molecule has 14 heavy (non-hydrogen) atoms. The van der Waals surface area contributed by atoms with E-state index in [1.54, 1.807) is 0 Å². The van der Waals surface area contributed by atoms with Crippen LogP contribution >= 0.6 is 12.2 Å². The van der Waals surface area contributed by atoms with Crippen molar-refractivity contribution in [3.63, 3.8) is 0 Å². The molecule has 1 aromatic carbocycles. The number of ether oxygens (including phenoxy) is 2. The van der Waals surface area contributed by atoms with Crippen molar-refractivity contribution in [2.45, 2.75) is 6.10 Å². The predicted octanol–water partition coefficient (Wildman–Crippen LogP) is 1.10. The maximum Gasteiger partial charge on any atom is 0.145 e. The van der Waals surface area contributed by atoms with Crippen LogP contribution in [-0.4, -0.2) is 24.3 Å². The molecule has 0 radical (unpaired) electrons. The molecule has 1 aliphatic heterocycles. The lowest BCUT2D eigenvalue weighted by atomic mass is 10.2.